The van der Waals surface area contributed by atoms with E-state index < -0.39 is 47.9 Å². The van der Waals surface area contributed by atoms with E-state index in [-0.39, 0.29) is 25.2 Å². The number of carboxylic acid groups (broad SMARTS) is 1. The van der Waals surface area contributed by atoms with E-state index in [4.69, 9.17) is 5.73 Å². The average Bonchev–Trinajstić information content (AvgIpc) is 3.78. The number of imidazole rings is 2. The van der Waals surface area contributed by atoms with Gasteiger partial charge >= 0.3 is 5.97 Å². The predicted octanol–water partition coefficient (Wildman–Crippen LogP) is 0.554. The van der Waals surface area contributed by atoms with Gasteiger partial charge in [0, 0.05) is 60.1 Å². The summed E-state index contributed by atoms with van der Waals surface area (Å²) in [5.74, 6) is -3.22. The van der Waals surface area contributed by atoms with Crippen LogP contribution in [0, 0.1) is 5.92 Å². The van der Waals surface area contributed by atoms with Gasteiger partial charge in [0.15, 0.2) is 0 Å². The Hall–Kier alpha value is -4.98. The molecule has 3 aromatic heterocycles. The van der Waals surface area contributed by atoms with E-state index in [2.05, 4.69) is 40.9 Å². The number of aliphatic carboxylic acids is 1. The summed E-state index contributed by atoms with van der Waals surface area (Å²) in [6, 6.07) is 3.04. The van der Waals surface area contributed by atoms with E-state index in [0.29, 0.717) is 17.8 Å². The number of carboxylic acids is 1. The fourth-order valence-electron chi connectivity index (χ4n) is 4.70. The van der Waals surface area contributed by atoms with Crippen molar-refractivity contribution in [2.75, 3.05) is 0 Å². The minimum atomic E-state index is -1.28. The van der Waals surface area contributed by atoms with Crippen LogP contribution in [0.4, 0.5) is 0 Å². The van der Waals surface area contributed by atoms with Crippen molar-refractivity contribution < 1.29 is 24.3 Å². The quantitative estimate of drug-likeness (QED) is 0.0972. The molecule has 228 valence electrons. The molecule has 5 atom stereocenters. The lowest BCUT2D eigenvalue weighted by molar-refractivity contribution is -0.142. The summed E-state index contributed by atoms with van der Waals surface area (Å²) in [6.07, 6.45) is 8.36. The van der Waals surface area contributed by atoms with Crippen LogP contribution in [0.2, 0.25) is 0 Å². The van der Waals surface area contributed by atoms with Gasteiger partial charge in [0.05, 0.1) is 18.7 Å². The second-order valence-electron chi connectivity index (χ2n) is 10.6. The van der Waals surface area contributed by atoms with Crippen molar-refractivity contribution in [2.24, 2.45) is 11.7 Å². The highest BCUT2D eigenvalue weighted by molar-refractivity contribution is 5.94. The monoisotopic (exact) mass is 591 g/mol. The Kier molecular flexibility index (Phi) is 10.3. The number of fused-ring (bicyclic) bond motifs is 1. The van der Waals surface area contributed by atoms with Crippen molar-refractivity contribution in [3.8, 4) is 0 Å². The lowest BCUT2D eigenvalue weighted by Crippen LogP contribution is -2.58. The first kappa shape index (κ1) is 31.0. The Morgan fingerprint density at radius 2 is 1.40 bits per heavy atom. The normalized spacial score (nSPS) is 14.8. The van der Waals surface area contributed by atoms with Gasteiger partial charge < -0.3 is 41.7 Å². The van der Waals surface area contributed by atoms with Crippen LogP contribution in [0.15, 0.2) is 55.5 Å². The highest BCUT2D eigenvalue weighted by Crippen LogP contribution is 2.19. The number of aromatic nitrogens is 5. The summed E-state index contributed by atoms with van der Waals surface area (Å²) < 4.78 is 0. The zero-order chi connectivity index (χ0) is 30.9. The molecule has 14 nitrogen and oxygen atoms in total. The zero-order valence-corrected chi connectivity index (χ0v) is 24.0. The number of rotatable bonds is 15. The standard InChI is InChI=1S/C29H37N9O5/c1-3-16(2)25(30)28(41)37-23(10-19-13-32-15-35-19)26(39)36-22(9-18-12-31-14-34-18)27(40)38-24(29(42)43)8-17-11-33-21-7-5-4-6-20(17)21/h4-7,11-16,22-25,33H,3,8-10,30H2,1-2H3,(H,31,34)(H,32,35)(H,36,39)(H,37,41)(H,38,40)(H,42,43). The molecule has 0 spiro atoms. The maximum Gasteiger partial charge on any atom is 0.326 e. The summed E-state index contributed by atoms with van der Waals surface area (Å²) >= 11 is 0. The fraction of sp³-hybridized carbons (Fsp3) is 0.379. The number of para-hydroxylation sites is 1. The minimum absolute atomic E-state index is 0.00585. The van der Waals surface area contributed by atoms with Gasteiger partial charge in [0.2, 0.25) is 17.7 Å². The molecule has 0 aliphatic rings. The largest absolute Gasteiger partial charge is 0.480 e. The van der Waals surface area contributed by atoms with Crippen LogP contribution < -0.4 is 21.7 Å². The Morgan fingerprint density at radius 3 is 1.93 bits per heavy atom. The van der Waals surface area contributed by atoms with Gasteiger partial charge in [-0.2, -0.15) is 0 Å². The van der Waals surface area contributed by atoms with Gasteiger partial charge in [-0.1, -0.05) is 38.5 Å². The minimum Gasteiger partial charge on any atom is -0.480 e. The number of H-pyrrole nitrogens is 3. The summed E-state index contributed by atoms with van der Waals surface area (Å²) in [5.41, 5.74) is 8.79. The summed E-state index contributed by atoms with van der Waals surface area (Å²) in [6.45, 7) is 3.75. The van der Waals surface area contributed by atoms with E-state index in [1.165, 1.54) is 25.0 Å². The smallest absolute Gasteiger partial charge is 0.326 e. The van der Waals surface area contributed by atoms with Crippen molar-refractivity contribution in [1.82, 2.24) is 40.9 Å². The maximum atomic E-state index is 13.6. The fourth-order valence-corrected chi connectivity index (χ4v) is 4.70. The van der Waals surface area contributed by atoms with Crippen LogP contribution in [0.5, 0.6) is 0 Å². The van der Waals surface area contributed by atoms with Gasteiger partial charge in [-0.05, 0) is 17.5 Å². The number of carbonyl (C=O) groups is 4. The molecule has 0 saturated heterocycles. The molecule has 4 rings (SSSR count). The molecule has 0 fully saturated rings. The number of nitrogens with one attached hydrogen (secondary N) is 6. The molecule has 0 aliphatic carbocycles. The number of benzene rings is 1. The molecule has 3 amide bonds. The van der Waals surface area contributed by atoms with E-state index in [9.17, 15) is 24.3 Å². The van der Waals surface area contributed by atoms with Gasteiger partial charge in [-0.3, -0.25) is 14.4 Å². The number of amides is 3. The van der Waals surface area contributed by atoms with E-state index in [1.807, 2.05) is 38.1 Å². The number of hydrogen-bond donors (Lipinski definition) is 8. The predicted molar refractivity (Wildman–Crippen MR) is 157 cm³/mol. The molecule has 0 aliphatic heterocycles. The van der Waals surface area contributed by atoms with E-state index in [0.717, 1.165) is 16.5 Å². The summed E-state index contributed by atoms with van der Waals surface area (Å²) in [5, 5.41) is 18.8. The third kappa shape index (κ3) is 8.07. The number of nitrogens with zero attached hydrogens (tertiary/aromatic N) is 2. The Morgan fingerprint density at radius 1 is 0.837 bits per heavy atom. The number of hydrogen-bond acceptors (Lipinski definition) is 7. The van der Waals surface area contributed by atoms with Crippen molar-refractivity contribution in [1.29, 1.82) is 0 Å². The van der Waals surface area contributed by atoms with Gasteiger partial charge in [-0.25, -0.2) is 14.8 Å². The first-order valence-electron chi connectivity index (χ1n) is 14.0. The van der Waals surface area contributed by atoms with Crippen LogP contribution in [-0.2, 0) is 38.4 Å². The molecular weight excluding hydrogens is 554 g/mol. The number of nitrogens with two attached hydrogens (primary N) is 1. The second kappa shape index (κ2) is 14.3. The first-order valence-corrected chi connectivity index (χ1v) is 14.0. The van der Waals surface area contributed by atoms with Crippen LogP contribution in [-0.4, -0.2) is 77.9 Å². The topological polar surface area (TPSA) is 224 Å². The summed E-state index contributed by atoms with van der Waals surface area (Å²) in [4.78, 5) is 69.2. The van der Waals surface area contributed by atoms with Crippen LogP contribution in [0.1, 0.15) is 37.2 Å². The molecule has 4 aromatic rings. The Labute approximate surface area is 247 Å². The zero-order valence-electron chi connectivity index (χ0n) is 24.0. The Bertz CT molecular complexity index is 1520. The number of aromatic amines is 3. The average molecular weight is 592 g/mol. The lowest BCUT2D eigenvalue weighted by Gasteiger charge is -2.26. The molecule has 9 N–H and O–H groups in total. The van der Waals surface area contributed by atoms with Crippen molar-refractivity contribution in [2.45, 2.75) is 63.7 Å². The third-order valence-electron chi connectivity index (χ3n) is 7.50. The van der Waals surface area contributed by atoms with E-state index >= 15 is 0 Å². The van der Waals surface area contributed by atoms with Crippen molar-refractivity contribution in [3.05, 3.63) is 72.5 Å². The number of carbonyl (C=O) groups excluding carboxylic acids is 3. The molecule has 5 unspecified atom stereocenters. The SMILES string of the molecule is CCC(C)C(N)C(=O)NC(Cc1cnc[nH]1)C(=O)NC(Cc1cnc[nH]1)C(=O)NC(Cc1c[nH]c2ccccc12)C(=O)O. The highest BCUT2D eigenvalue weighted by Gasteiger charge is 2.32. The molecule has 1 aromatic carbocycles. The molecule has 0 bridgehead atoms. The third-order valence-corrected chi connectivity index (χ3v) is 7.50. The van der Waals surface area contributed by atoms with Crippen LogP contribution in [0.3, 0.4) is 0 Å². The maximum absolute atomic E-state index is 13.6. The molecular formula is C29H37N9O5. The molecule has 0 saturated carbocycles. The van der Waals surface area contributed by atoms with Gasteiger partial charge in [0.1, 0.15) is 18.1 Å². The lowest BCUT2D eigenvalue weighted by atomic mass is 9.98. The van der Waals surface area contributed by atoms with Gasteiger partial charge in [-0.15, -0.1) is 0 Å². The van der Waals surface area contributed by atoms with Crippen LogP contribution in [0.25, 0.3) is 10.9 Å². The van der Waals surface area contributed by atoms with Crippen molar-refractivity contribution >= 4 is 34.6 Å². The molecule has 43 heavy (non-hydrogen) atoms. The van der Waals surface area contributed by atoms with Crippen molar-refractivity contribution in [3.63, 3.8) is 0 Å². The second-order valence-corrected chi connectivity index (χ2v) is 10.6. The van der Waals surface area contributed by atoms with E-state index in [1.54, 1.807) is 6.20 Å². The van der Waals surface area contributed by atoms with Crippen LogP contribution >= 0.6 is 0 Å². The highest BCUT2D eigenvalue weighted by atomic mass is 16.4. The molecule has 3 heterocycles. The Balaban J connectivity index is 1.53. The first-order chi connectivity index (χ1) is 20.7. The summed E-state index contributed by atoms with van der Waals surface area (Å²) in [7, 11) is 0. The molecule has 14 heteroatoms. The van der Waals surface area contributed by atoms with Gasteiger partial charge in [0.25, 0.3) is 0 Å². The molecule has 0 radical (unpaired) electrons.